The summed E-state index contributed by atoms with van der Waals surface area (Å²) in [6.07, 6.45) is 2.22. The van der Waals surface area contributed by atoms with E-state index in [1.54, 1.807) is 0 Å². The number of amides is 1. The fraction of sp³-hybridized carbons (Fsp3) is 0.867. The second-order valence-electron chi connectivity index (χ2n) is 6.02. The molecule has 2 N–H and O–H groups in total. The van der Waals surface area contributed by atoms with Gasteiger partial charge in [0.15, 0.2) is 0 Å². The minimum Gasteiger partial charge on any atom is -0.481 e. The third-order valence-electron chi connectivity index (χ3n) is 4.02. The summed E-state index contributed by atoms with van der Waals surface area (Å²) in [5.74, 6) is -0.796. The summed E-state index contributed by atoms with van der Waals surface area (Å²) in [5.41, 5.74) is -0.675. The summed E-state index contributed by atoms with van der Waals surface area (Å²) in [5, 5.41) is 12.2. The van der Waals surface area contributed by atoms with Gasteiger partial charge in [0, 0.05) is 19.7 Å². The predicted octanol–water partition coefficient (Wildman–Crippen LogP) is 1.10. The van der Waals surface area contributed by atoms with E-state index in [9.17, 15) is 14.7 Å². The fourth-order valence-corrected chi connectivity index (χ4v) is 2.59. The van der Waals surface area contributed by atoms with Crippen LogP contribution < -0.4 is 5.32 Å². The van der Waals surface area contributed by atoms with Gasteiger partial charge in [-0.05, 0) is 39.7 Å². The number of hydrogen-bond donors (Lipinski definition) is 2. The molecule has 1 unspecified atom stereocenters. The number of carboxylic acid groups (broad SMARTS) is 1. The van der Waals surface area contributed by atoms with E-state index in [1.807, 2.05) is 25.7 Å². The Bertz CT molecular complexity index is 360. The number of carbonyl (C=O) groups excluding carboxylic acids is 1. The second-order valence-corrected chi connectivity index (χ2v) is 6.02. The van der Waals surface area contributed by atoms with Crippen LogP contribution in [0.5, 0.6) is 0 Å². The van der Waals surface area contributed by atoms with Crippen molar-refractivity contribution in [1.29, 1.82) is 0 Å². The summed E-state index contributed by atoms with van der Waals surface area (Å²) < 4.78 is 5.40. The molecule has 1 aliphatic heterocycles. The highest BCUT2D eigenvalue weighted by Crippen LogP contribution is 2.33. The number of aliphatic carboxylic acids is 1. The molecule has 6 nitrogen and oxygen atoms in total. The summed E-state index contributed by atoms with van der Waals surface area (Å²) in [6, 6.07) is 0. The van der Waals surface area contributed by atoms with Crippen LogP contribution >= 0.6 is 0 Å². The SMILES string of the molecule is CCC1(C(=O)O)CCN(CC(=O)NCCCOC(C)C)C1. The van der Waals surface area contributed by atoms with Gasteiger partial charge in [-0.3, -0.25) is 14.5 Å². The van der Waals surface area contributed by atoms with Crippen molar-refractivity contribution in [3.8, 4) is 0 Å². The van der Waals surface area contributed by atoms with Crippen LogP contribution in [-0.2, 0) is 14.3 Å². The third-order valence-corrected chi connectivity index (χ3v) is 4.02. The Morgan fingerprint density at radius 1 is 1.43 bits per heavy atom. The molecule has 0 saturated carbocycles. The number of nitrogens with zero attached hydrogens (tertiary/aromatic N) is 1. The van der Waals surface area contributed by atoms with Gasteiger partial charge in [-0.25, -0.2) is 0 Å². The molecule has 1 heterocycles. The standard InChI is InChI=1S/C15H28N2O4/c1-4-15(14(19)20)6-8-17(11-15)10-13(18)16-7-5-9-21-12(2)3/h12H,4-11H2,1-3H3,(H,16,18)(H,19,20). The molecule has 0 aromatic rings. The number of rotatable bonds is 9. The Labute approximate surface area is 126 Å². The molecule has 1 rings (SSSR count). The second kappa shape index (κ2) is 8.34. The number of carbonyl (C=O) groups is 2. The van der Waals surface area contributed by atoms with Gasteiger partial charge >= 0.3 is 5.97 Å². The molecule has 1 saturated heterocycles. The molecule has 1 amide bonds. The van der Waals surface area contributed by atoms with Crippen molar-refractivity contribution in [3.63, 3.8) is 0 Å². The Balaban J connectivity index is 2.23. The van der Waals surface area contributed by atoms with Crippen LogP contribution in [0.25, 0.3) is 0 Å². The van der Waals surface area contributed by atoms with Gasteiger partial charge in [0.25, 0.3) is 0 Å². The van der Waals surface area contributed by atoms with Crippen molar-refractivity contribution in [2.75, 3.05) is 32.8 Å². The lowest BCUT2D eigenvalue weighted by atomic mass is 9.84. The first-order valence-electron chi connectivity index (χ1n) is 7.73. The third kappa shape index (κ3) is 5.63. The van der Waals surface area contributed by atoms with Gasteiger partial charge in [0.1, 0.15) is 0 Å². The van der Waals surface area contributed by atoms with Crippen molar-refractivity contribution in [3.05, 3.63) is 0 Å². The lowest BCUT2D eigenvalue weighted by Gasteiger charge is -2.22. The quantitative estimate of drug-likeness (QED) is 0.624. The molecule has 1 aliphatic rings. The number of hydrogen-bond acceptors (Lipinski definition) is 4. The largest absolute Gasteiger partial charge is 0.481 e. The summed E-state index contributed by atoms with van der Waals surface area (Å²) in [7, 11) is 0. The van der Waals surface area contributed by atoms with Crippen LogP contribution in [0, 0.1) is 5.41 Å². The van der Waals surface area contributed by atoms with E-state index in [2.05, 4.69) is 5.32 Å². The van der Waals surface area contributed by atoms with E-state index < -0.39 is 11.4 Å². The minimum absolute atomic E-state index is 0.0446. The fourth-order valence-electron chi connectivity index (χ4n) is 2.59. The Morgan fingerprint density at radius 3 is 2.67 bits per heavy atom. The first kappa shape index (κ1) is 17.9. The van der Waals surface area contributed by atoms with E-state index in [0.29, 0.717) is 39.1 Å². The average Bonchev–Trinajstić information content (AvgIpc) is 2.82. The van der Waals surface area contributed by atoms with E-state index in [1.165, 1.54) is 0 Å². The normalized spacial score (nSPS) is 22.7. The smallest absolute Gasteiger partial charge is 0.310 e. The zero-order valence-corrected chi connectivity index (χ0v) is 13.4. The molecule has 21 heavy (non-hydrogen) atoms. The van der Waals surface area contributed by atoms with Crippen molar-refractivity contribution in [2.45, 2.75) is 46.1 Å². The molecule has 6 heteroatoms. The minimum atomic E-state index is -0.751. The maximum Gasteiger partial charge on any atom is 0.310 e. The molecule has 122 valence electrons. The average molecular weight is 300 g/mol. The monoisotopic (exact) mass is 300 g/mol. The Hall–Kier alpha value is -1.14. The van der Waals surface area contributed by atoms with Crippen molar-refractivity contribution in [1.82, 2.24) is 10.2 Å². The molecular formula is C15H28N2O4. The molecule has 0 radical (unpaired) electrons. The van der Waals surface area contributed by atoms with Crippen LogP contribution in [0.15, 0.2) is 0 Å². The van der Waals surface area contributed by atoms with E-state index in [4.69, 9.17) is 4.74 Å². The highest BCUT2D eigenvalue weighted by Gasteiger charge is 2.43. The van der Waals surface area contributed by atoms with Crippen LogP contribution in [0.1, 0.15) is 40.0 Å². The van der Waals surface area contributed by atoms with Crippen LogP contribution in [-0.4, -0.2) is 60.8 Å². The number of likely N-dealkylation sites (tertiary alicyclic amines) is 1. The van der Waals surface area contributed by atoms with Crippen molar-refractivity contribution in [2.24, 2.45) is 5.41 Å². The zero-order valence-electron chi connectivity index (χ0n) is 13.4. The maximum absolute atomic E-state index is 11.8. The van der Waals surface area contributed by atoms with Gasteiger partial charge < -0.3 is 15.2 Å². The van der Waals surface area contributed by atoms with Gasteiger partial charge in [-0.1, -0.05) is 6.92 Å². The lowest BCUT2D eigenvalue weighted by molar-refractivity contribution is -0.148. The van der Waals surface area contributed by atoms with Crippen LogP contribution in [0.4, 0.5) is 0 Å². The summed E-state index contributed by atoms with van der Waals surface area (Å²) >= 11 is 0. The Morgan fingerprint density at radius 2 is 2.14 bits per heavy atom. The highest BCUT2D eigenvalue weighted by molar-refractivity contribution is 5.79. The molecule has 0 bridgehead atoms. The molecule has 0 aromatic carbocycles. The van der Waals surface area contributed by atoms with Gasteiger partial charge in [0.05, 0.1) is 18.1 Å². The molecule has 0 aliphatic carbocycles. The van der Waals surface area contributed by atoms with Crippen LogP contribution in [0.2, 0.25) is 0 Å². The maximum atomic E-state index is 11.8. The molecular weight excluding hydrogens is 272 g/mol. The van der Waals surface area contributed by atoms with Gasteiger partial charge in [-0.15, -0.1) is 0 Å². The zero-order chi connectivity index (χ0) is 15.9. The first-order chi connectivity index (χ1) is 9.89. The summed E-state index contributed by atoms with van der Waals surface area (Å²) in [6.45, 7) is 8.50. The first-order valence-corrected chi connectivity index (χ1v) is 7.73. The Kier molecular flexibility index (Phi) is 7.11. The highest BCUT2D eigenvalue weighted by atomic mass is 16.5. The number of carboxylic acids is 1. The molecule has 0 spiro atoms. The molecule has 1 atom stereocenters. The number of nitrogens with one attached hydrogen (secondary N) is 1. The molecule has 1 fully saturated rings. The van der Waals surface area contributed by atoms with Crippen LogP contribution in [0.3, 0.4) is 0 Å². The number of ether oxygens (including phenoxy) is 1. The van der Waals surface area contributed by atoms with E-state index in [0.717, 1.165) is 6.42 Å². The molecule has 0 aromatic heterocycles. The van der Waals surface area contributed by atoms with Gasteiger partial charge in [0.2, 0.25) is 5.91 Å². The topological polar surface area (TPSA) is 78.9 Å². The van der Waals surface area contributed by atoms with Crippen molar-refractivity contribution >= 4 is 11.9 Å². The van der Waals surface area contributed by atoms with E-state index in [-0.39, 0.29) is 18.6 Å². The van der Waals surface area contributed by atoms with Crippen molar-refractivity contribution < 1.29 is 19.4 Å². The predicted molar refractivity (Wildman–Crippen MR) is 80.1 cm³/mol. The van der Waals surface area contributed by atoms with Gasteiger partial charge in [-0.2, -0.15) is 0 Å². The lowest BCUT2D eigenvalue weighted by Crippen LogP contribution is -2.39. The van der Waals surface area contributed by atoms with E-state index >= 15 is 0 Å². The summed E-state index contributed by atoms with van der Waals surface area (Å²) in [4.78, 5) is 25.1.